The lowest BCUT2D eigenvalue weighted by Gasteiger charge is -2.26. The van der Waals surface area contributed by atoms with E-state index in [0.29, 0.717) is 6.54 Å². The van der Waals surface area contributed by atoms with Gasteiger partial charge in [-0.3, -0.25) is 4.79 Å². The Morgan fingerprint density at radius 1 is 1.17 bits per heavy atom. The summed E-state index contributed by atoms with van der Waals surface area (Å²) in [7, 11) is 2.08. The maximum Gasteiger partial charge on any atom is 0.253 e. The van der Waals surface area contributed by atoms with Crippen LogP contribution in [0.2, 0.25) is 0 Å². The Labute approximate surface area is 178 Å². The van der Waals surface area contributed by atoms with E-state index in [1.54, 1.807) is 11.3 Å². The van der Waals surface area contributed by atoms with Gasteiger partial charge in [0.05, 0.1) is 6.54 Å². The Bertz CT molecular complexity index is 780. The number of likely N-dealkylation sites (tertiary alicyclic amines) is 1. The lowest BCUT2D eigenvalue weighted by molar-refractivity contribution is 0.0724. The van der Waals surface area contributed by atoms with Crippen molar-refractivity contribution in [2.75, 3.05) is 33.2 Å². The standard InChI is InChI=1S/C23H32N4OS/c1-3-24-23(26(2)16-13-21-8-7-17-29-21)25-18-19-9-11-20(12-10-19)22(28)27-14-5-4-6-15-27/h7-12,17H,3-6,13-16,18H2,1-2H3,(H,24,25). The molecule has 5 nitrogen and oxygen atoms in total. The van der Waals surface area contributed by atoms with Crippen molar-refractivity contribution in [3.63, 3.8) is 0 Å². The number of likely N-dealkylation sites (N-methyl/N-ethyl adjacent to an activating group) is 1. The first-order chi connectivity index (χ1) is 14.2. The molecule has 0 aliphatic carbocycles. The van der Waals surface area contributed by atoms with E-state index in [1.165, 1.54) is 11.3 Å². The van der Waals surface area contributed by atoms with Crippen LogP contribution >= 0.6 is 11.3 Å². The molecule has 156 valence electrons. The van der Waals surface area contributed by atoms with Crippen LogP contribution in [0.25, 0.3) is 0 Å². The highest BCUT2D eigenvalue weighted by Crippen LogP contribution is 2.14. The summed E-state index contributed by atoms with van der Waals surface area (Å²) in [6.45, 7) is 6.22. The lowest BCUT2D eigenvalue weighted by atomic mass is 10.1. The molecule has 1 aliphatic rings. The van der Waals surface area contributed by atoms with Gasteiger partial charge in [-0.25, -0.2) is 4.99 Å². The van der Waals surface area contributed by atoms with Gasteiger partial charge in [-0.1, -0.05) is 18.2 Å². The van der Waals surface area contributed by atoms with Crippen molar-refractivity contribution in [1.82, 2.24) is 15.1 Å². The molecular weight excluding hydrogens is 380 g/mol. The van der Waals surface area contributed by atoms with E-state index >= 15 is 0 Å². The Morgan fingerprint density at radius 2 is 1.93 bits per heavy atom. The van der Waals surface area contributed by atoms with Gasteiger partial charge in [0.2, 0.25) is 0 Å². The average molecular weight is 413 g/mol. The molecule has 2 aromatic rings. The van der Waals surface area contributed by atoms with Gasteiger partial charge in [0.15, 0.2) is 5.96 Å². The maximum atomic E-state index is 12.6. The van der Waals surface area contributed by atoms with Crippen LogP contribution in [-0.4, -0.2) is 54.9 Å². The topological polar surface area (TPSA) is 47.9 Å². The van der Waals surface area contributed by atoms with E-state index in [4.69, 9.17) is 4.99 Å². The summed E-state index contributed by atoms with van der Waals surface area (Å²) in [5.41, 5.74) is 1.89. The van der Waals surface area contributed by atoms with Crippen LogP contribution in [0.15, 0.2) is 46.8 Å². The summed E-state index contributed by atoms with van der Waals surface area (Å²) >= 11 is 1.80. The van der Waals surface area contributed by atoms with E-state index in [2.05, 4.69) is 41.7 Å². The second-order valence-electron chi connectivity index (χ2n) is 7.47. The molecule has 6 heteroatoms. The first kappa shape index (κ1) is 21.4. The zero-order valence-corrected chi connectivity index (χ0v) is 18.4. The summed E-state index contributed by atoms with van der Waals surface area (Å²) in [6.07, 6.45) is 4.49. The number of nitrogens with zero attached hydrogens (tertiary/aromatic N) is 3. The highest BCUT2D eigenvalue weighted by atomic mass is 32.1. The number of piperidine rings is 1. The molecule has 0 unspecified atom stereocenters. The molecule has 0 spiro atoms. The minimum absolute atomic E-state index is 0.154. The number of nitrogens with one attached hydrogen (secondary N) is 1. The van der Waals surface area contributed by atoms with Crippen molar-refractivity contribution in [3.05, 3.63) is 57.8 Å². The first-order valence-corrected chi connectivity index (χ1v) is 11.5. The SMILES string of the molecule is CCNC(=NCc1ccc(C(=O)N2CCCCC2)cc1)N(C)CCc1cccs1. The first-order valence-electron chi connectivity index (χ1n) is 10.6. The fourth-order valence-corrected chi connectivity index (χ4v) is 4.20. The Hall–Kier alpha value is -2.34. The molecule has 3 rings (SSSR count). The van der Waals surface area contributed by atoms with Gasteiger partial charge in [0.25, 0.3) is 5.91 Å². The predicted molar refractivity (Wildman–Crippen MR) is 122 cm³/mol. The summed E-state index contributed by atoms with van der Waals surface area (Å²) in [5.74, 6) is 1.07. The van der Waals surface area contributed by atoms with Crippen LogP contribution in [0.1, 0.15) is 47.0 Å². The normalized spacial score (nSPS) is 14.7. The average Bonchev–Trinajstić information content (AvgIpc) is 3.29. The fraction of sp³-hybridized carbons (Fsp3) is 0.478. The van der Waals surface area contributed by atoms with Gasteiger partial charge in [0.1, 0.15) is 0 Å². The van der Waals surface area contributed by atoms with Crippen LogP contribution in [-0.2, 0) is 13.0 Å². The largest absolute Gasteiger partial charge is 0.357 e. The summed E-state index contributed by atoms with van der Waals surface area (Å²) in [6, 6.07) is 12.2. The van der Waals surface area contributed by atoms with E-state index < -0.39 is 0 Å². The molecule has 1 aromatic carbocycles. The molecule has 0 radical (unpaired) electrons. The van der Waals surface area contributed by atoms with Crippen molar-refractivity contribution >= 4 is 23.2 Å². The van der Waals surface area contributed by atoms with Gasteiger partial charge in [-0.15, -0.1) is 11.3 Å². The van der Waals surface area contributed by atoms with E-state index in [0.717, 1.165) is 62.5 Å². The number of rotatable bonds is 7. The van der Waals surface area contributed by atoms with Crippen LogP contribution in [0.5, 0.6) is 0 Å². The van der Waals surface area contributed by atoms with Crippen LogP contribution in [0.4, 0.5) is 0 Å². The maximum absolute atomic E-state index is 12.6. The van der Waals surface area contributed by atoms with Gasteiger partial charge in [0, 0.05) is 43.7 Å². The third-order valence-corrected chi connectivity index (χ3v) is 6.16. The van der Waals surface area contributed by atoms with Crippen LogP contribution in [0.3, 0.4) is 0 Å². The smallest absolute Gasteiger partial charge is 0.253 e. The molecule has 2 heterocycles. The molecular formula is C23H32N4OS. The molecule has 1 aromatic heterocycles. The second kappa shape index (κ2) is 11.0. The zero-order chi connectivity index (χ0) is 20.5. The van der Waals surface area contributed by atoms with Crippen LogP contribution in [0, 0.1) is 0 Å². The third-order valence-electron chi connectivity index (χ3n) is 5.23. The Morgan fingerprint density at radius 3 is 2.59 bits per heavy atom. The van der Waals surface area contributed by atoms with Crippen molar-refractivity contribution in [1.29, 1.82) is 0 Å². The molecule has 29 heavy (non-hydrogen) atoms. The Kier molecular flexibility index (Phi) is 8.11. The second-order valence-corrected chi connectivity index (χ2v) is 8.50. The number of thiophene rings is 1. The summed E-state index contributed by atoms with van der Waals surface area (Å²) < 4.78 is 0. The number of benzene rings is 1. The number of hydrogen-bond donors (Lipinski definition) is 1. The zero-order valence-electron chi connectivity index (χ0n) is 17.6. The molecule has 1 N–H and O–H groups in total. The Balaban J connectivity index is 1.57. The predicted octanol–water partition coefficient (Wildman–Crippen LogP) is 4.01. The number of hydrogen-bond acceptors (Lipinski definition) is 3. The molecule has 0 atom stereocenters. The molecule has 1 saturated heterocycles. The molecule has 0 bridgehead atoms. The van der Waals surface area contributed by atoms with E-state index in [-0.39, 0.29) is 5.91 Å². The van der Waals surface area contributed by atoms with Crippen LogP contribution < -0.4 is 5.32 Å². The minimum atomic E-state index is 0.154. The van der Waals surface area contributed by atoms with Gasteiger partial charge >= 0.3 is 0 Å². The number of guanidine groups is 1. The van der Waals surface area contributed by atoms with E-state index in [9.17, 15) is 4.79 Å². The minimum Gasteiger partial charge on any atom is -0.357 e. The van der Waals surface area contributed by atoms with Crippen molar-refractivity contribution in [2.45, 2.75) is 39.2 Å². The lowest BCUT2D eigenvalue weighted by Crippen LogP contribution is -2.39. The molecule has 1 fully saturated rings. The quantitative estimate of drug-likeness (QED) is 0.552. The third kappa shape index (κ3) is 6.32. The summed E-state index contributed by atoms with van der Waals surface area (Å²) in [4.78, 5) is 22.9. The monoisotopic (exact) mass is 412 g/mol. The van der Waals surface area contributed by atoms with Gasteiger partial charge in [-0.05, 0) is 61.7 Å². The van der Waals surface area contributed by atoms with E-state index in [1.807, 2.05) is 29.2 Å². The number of carbonyl (C=O) groups is 1. The molecule has 1 amide bonds. The van der Waals surface area contributed by atoms with Crippen molar-refractivity contribution in [2.24, 2.45) is 4.99 Å². The van der Waals surface area contributed by atoms with Gasteiger partial charge < -0.3 is 15.1 Å². The summed E-state index contributed by atoms with van der Waals surface area (Å²) in [5, 5.41) is 5.49. The highest BCUT2D eigenvalue weighted by molar-refractivity contribution is 7.09. The number of aliphatic imine (C=N–C) groups is 1. The van der Waals surface area contributed by atoms with Crippen molar-refractivity contribution < 1.29 is 4.79 Å². The highest BCUT2D eigenvalue weighted by Gasteiger charge is 2.17. The van der Waals surface area contributed by atoms with Gasteiger partial charge in [-0.2, -0.15) is 0 Å². The van der Waals surface area contributed by atoms with Crippen molar-refractivity contribution in [3.8, 4) is 0 Å². The fourth-order valence-electron chi connectivity index (χ4n) is 3.51. The number of amides is 1. The molecule has 0 saturated carbocycles. The molecule has 1 aliphatic heterocycles. The number of carbonyl (C=O) groups excluding carboxylic acids is 1.